The number of nitrogens with one attached hydrogen (secondary N) is 2. The van der Waals surface area contributed by atoms with Crippen molar-refractivity contribution >= 4 is 41.7 Å². The Labute approximate surface area is 161 Å². The van der Waals surface area contributed by atoms with Crippen molar-refractivity contribution in [1.82, 2.24) is 10.6 Å². The second-order valence-electron chi connectivity index (χ2n) is 4.60. The van der Waals surface area contributed by atoms with Crippen LogP contribution in [0.2, 0.25) is 0 Å². The molecule has 0 amide bonds. The molecule has 0 saturated carbocycles. The fraction of sp³-hybridized carbons (Fsp3) is 0.562. The third-order valence-electron chi connectivity index (χ3n) is 2.84. The summed E-state index contributed by atoms with van der Waals surface area (Å²) in [5, 5.41) is 6.57. The molecule has 1 rings (SSSR count). The Hall–Kier alpha value is -0.670. The predicted molar refractivity (Wildman–Crippen MR) is 110 cm³/mol. The van der Waals surface area contributed by atoms with Crippen LogP contribution in [0, 0.1) is 0 Å². The molecule has 0 bridgehead atoms. The summed E-state index contributed by atoms with van der Waals surface area (Å²) in [4.78, 5) is 4.58. The molecule has 7 heteroatoms. The van der Waals surface area contributed by atoms with E-state index in [0.29, 0.717) is 19.8 Å². The van der Waals surface area contributed by atoms with Crippen molar-refractivity contribution in [2.45, 2.75) is 13.5 Å². The predicted octanol–water partition coefficient (Wildman–Crippen LogP) is 2.75. The summed E-state index contributed by atoms with van der Waals surface area (Å²) in [6.07, 6.45) is 2.10. The maximum absolute atomic E-state index is 5.54. The van der Waals surface area contributed by atoms with Crippen molar-refractivity contribution in [2.24, 2.45) is 4.99 Å². The summed E-state index contributed by atoms with van der Waals surface area (Å²) < 4.78 is 10.5. The van der Waals surface area contributed by atoms with E-state index in [4.69, 9.17) is 9.47 Å². The Balaban J connectivity index is 0.00000484. The second kappa shape index (κ2) is 14.9. The molecule has 23 heavy (non-hydrogen) atoms. The van der Waals surface area contributed by atoms with E-state index in [1.807, 2.05) is 36.0 Å². The number of thioether (sulfide) groups is 1. The van der Waals surface area contributed by atoms with Gasteiger partial charge in [0.2, 0.25) is 0 Å². The van der Waals surface area contributed by atoms with Gasteiger partial charge in [0, 0.05) is 26.0 Å². The van der Waals surface area contributed by atoms with Crippen LogP contribution in [0.15, 0.2) is 29.3 Å². The number of aliphatic imine (C=N–C) groups is 1. The van der Waals surface area contributed by atoms with Gasteiger partial charge in [-0.2, -0.15) is 11.8 Å². The van der Waals surface area contributed by atoms with Crippen molar-refractivity contribution in [3.8, 4) is 5.75 Å². The molecular formula is C16H28IN3O2S. The molecule has 0 spiro atoms. The van der Waals surface area contributed by atoms with Gasteiger partial charge in [-0.1, -0.05) is 12.1 Å². The SMILES string of the molecule is CCNC(=NCc1ccc(OCCOC)cc1)NCCSC.I. The normalized spacial score (nSPS) is 10.8. The van der Waals surface area contributed by atoms with Crippen molar-refractivity contribution < 1.29 is 9.47 Å². The first-order valence-electron chi connectivity index (χ1n) is 7.52. The quantitative estimate of drug-likeness (QED) is 0.247. The standard InChI is InChI=1S/C16H27N3O2S.HI/c1-4-17-16(18-9-12-22-3)19-13-14-5-7-15(8-6-14)21-11-10-20-2;/h5-8H,4,9-13H2,1-3H3,(H2,17,18,19);1H. The van der Waals surface area contributed by atoms with E-state index in [0.717, 1.165) is 36.1 Å². The van der Waals surface area contributed by atoms with Crippen molar-refractivity contribution in [3.63, 3.8) is 0 Å². The highest BCUT2D eigenvalue weighted by molar-refractivity contribution is 14.0. The molecule has 0 saturated heterocycles. The Kier molecular flexibility index (Phi) is 14.5. The van der Waals surface area contributed by atoms with Gasteiger partial charge in [-0.25, -0.2) is 4.99 Å². The number of guanidine groups is 1. The monoisotopic (exact) mass is 453 g/mol. The van der Waals surface area contributed by atoms with Gasteiger partial charge in [0.15, 0.2) is 5.96 Å². The molecule has 0 aliphatic rings. The van der Waals surface area contributed by atoms with Crippen LogP contribution in [-0.2, 0) is 11.3 Å². The van der Waals surface area contributed by atoms with Crippen LogP contribution in [0.4, 0.5) is 0 Å². The zero-order chi connectivity index (χ0) is 16.0. The maximum atomic E-state index is 5.54. The Bertz CT molecular complexity index is 430. The summed E-state index contributed by atoms with van der Waals surface area (Å²) in [5.41, 5.74) is 1.15. The second-order valence-corrected chi connectivity index (χ2v) is 5.59. The highest BCUT2D eigenvalue weighted by atomic mass is 127. The number of nitrogens with zero attached hydrogens (tertiary/aromatic N) is 1. The molecule has 5 nitrogen and oxygen atoms in total. The molecule has 0 aliphatic heterocycles. The minimum atomic E-state index is 0. The summed E-state index contributed by atoms with van der Waals surface area (Å²) in [6, 6.07) is 8.01. The van der Waals surface area contributed by atoms with Crippen LogP contribution in [0.1, 0.15) is 12.5 Å². The fourth-order valence-corrected chi connectivity index (χ4v) is 2.02. The highest BCUT2D eigenvalue weighted by Crippen LogP contribution is 2.12. The molecule has 1 aromatic carbocycles. The van der Waals surface area contributed by atoms with E-state index in [1.165, 1.54) is 0 Å². The van der Waals surface area contributed by atoms with E-state index >= 15 is 0 Å². The zero-order valence-electron chi connectivity index (χ0n) is 14.1. The van der Waals surface area contributed by atoms with Crippen LogP contribution < -0.4 is 15.4 Å². The largest absolute Gasteiger partial charge is 0.491 e. The summed E-state index contributed by atoms with van der Waals surface area (Å²) >= 11 is 1.82. The zero-order valence-corrected chi connectivity index (χ0v) is 17.3. The molecule has 0 heterocycles. The van der Waals surface area contributed by atoms with Crippen molar-refractivity contribution in [2.75, 3.05) is 45.4 Å². The number of rotatable bonds is 10. The van der Waals surface area contributed by atoms with E-state index in [9.17, 15) is 0 Å². The number of hydrogen-bond acceptors (Lipinski definition) is 4. The molecule has 0 atom stereocenters. The topological polar surface area (TPSA) is 54.9 Å². The highest BCUT2D eigenvalue weighted by Gasteiger charge is 1.98. The first-order valence-corrected chi connectivity index (χ1v) is 8.91. The van der Waals surface area contributed by atoms with Gasteiger partial charge < -0.3 is 20.1 Å². The van der Waals surface area contributed by atoms with Crippen LogP contribution in [-0.4, -0.2) is 51.4 Å². The molecule has 1 aromatic rings. The minimum absolute atomic E-state index is 0. The van der Waals surface area contributed by atoms with Gasteiger partial charge in [-0.3, -0.25) is 0 Å². The van der Waals surface area contributed by atoms with Gasteiger partial charge in [-0.05, 0) is 30.9 Å². The van der Waals surface area contributed by atoms with Crippen molar-refractivity contribution in [3.05, 3.63) is 29.8 Å². The average Bonchev–Trinajstić information content (AvgIpc) is 2.54. The molecule has 0 aromatic heterocycles. The maximum Gasteiger partial charge on any atom is 0.191 e. The van der Waals surface area contributed by atoms with Gasteiger partial charge in [0.1, 0.15) is 12.4 Å². The first-order chi connectivity index (χ1) is 10.8. The van der Waals surface area contributed by atoms with Gasteiger partial charge in [0.05, 0.1) is 13.2 Å². The average molecular weight is 453 g/mol. The number of benzene rings is 1. The number of ether oxygens (including phenoxy) is 2. The third-order valence-corrected chi connectivity index (χ3v) is 3.45. The molecule has 0 radical (unpaired) electrons. The Morgan fingerprint density at radius 2 is 1.91 bits per heavy atom. The summed E-state index contributed by atoms with van der Waals surface area (Å²) in [6.45, 7) is 5.65. The van der Waals surface area contributed by atoms with Gasteiger partial charge >= 0.3 is 0 Å². The summed E-state index contributed by atoms with van der Waals surface area (Å²) in [7, 11) is 1.67. The Morgan fingerprint density at radius 1 is 1.17 bits per heavy atom. The summed E-state index contributed by atoms with van der Waals surface area (Å²) in [5.74, 6) is 2.78. The van der Waals surface area contributed by atoms with Crippen LogP contribution >= 0.6 is 35.7 Å². The van der Waals surface area contributed by atoms with E-state index < -0.39 is 0 Å². The van der Waals surface area contributed by atoms with Crippen LogP contribution in [0.5, 0.6) is 5.75 Å². The van der Waals surface area contributed by atoms with Gasteiger partial charge in [-0.15, -0.1) is 24.0 Å². The van der Waals surface area contributed by atoms with Gasteiger partial charge in [0.25, 0.3) is 0 Å². The molecule has 132 valence electrons. The third kappa shape index (κ3) is 10.7. The van der Waals surface area contributed by atoms with E-state index in [-0.39, 0.29) is 24.0 Å². The van der Waals surface area contributed by atoms with E-state index in [2.05, 4.69) is 28.8 Å². The lowest BCUT2D eigenvalue weighted by molar-refractivity contribution is 0.146. The Morgan fingerprint density at radius 3 is 2.52 bits per heavy atom. The first kappa shape index (κ1) is 22.3. The van der Waals surface area contributed by atoms with Crippen LogP contribution in [0.25, 0.3) is 0 Å². The lowest BCUT2D eigenvalue weighted by Crippen LogP contribution is -2.38. The molecule has 2 N–H and O–H groups in total. The van der Waals surface area contributed by atoms with Crippen molar-refractivity contribution in [1.29, 1.82) is 0 Å². The number of halogens is 1. The molecule has 0 aliphatic carbocycles. The lowest BCUT2D eigenvalue weighted by atomic mass is 10.2. The van der Waals surface area contributed by atoms with E-state index in [1.54, 1.807) is 7.11 Å². The molecular weight excluding hydrogens is 425 g/mol. The molecule has 0 fully saturated rings. The van der Waals surface area contributed by atoms with Crippen LogP contribution in [0.3, 0.4) is 0 Å². The number of methoxy groups -OCH3 is 1. The number of hydrogen-bond donors (Lipinski definition) is 2. The fourth-order valence-electron chi connectivity index (χ4n) is 1.72. The molecule has 0 unspecified atom stereocenters. The minimum Gasteiger partial charge on any atom is -0.491 e. The lowest BCUT2D eigenvalue weighted by Gasteiger charge is -2.11. The smallest absolute Gasteiger partial charge is 0.191 e.